The van der Waals surface area contributed by atoms with E-state index in [0.717, 1.165) is 13.1 Å². The maximum Gasteiger partial charge on any atom is 0.0700 e. The van der Waals surface area contributed by atoms with Crippen LogP contribution >= 0.6 is 0 Å². The number of hydrogen-bond acceptors (Lipinski definition) is 3. The minimum Gasteiger partial charge on any atom is -0.375 e. The Morgan fingerprint density at radius 1 is 1.58 bits per heavy atom. The number of nitrogens with two attached hydrogens (primary N) is 1. The van der Waals surface area contributed by atoms with Gasteiger partial charge in [-0.2, -0.15) is 0 Å². The zero-order valence-corrected chi connectivity index (χ0v) is 7.88. The Hall–Kier alpha value is -0.120. The van der Waals surface area contributed by atoms with Crippen LogP contribution in [0.25, 0.3) is 0 Å². The molecule has 0 bridgehead atoms. The van der Waals surface area contributed by atoms with Crippen LogP contribution in [0.3, 0.4) is 0 Å². The summed E-state index contributed by atoms with van der Waals surface area (Å²) in [5.41, 5.74) is 5.60. The van der Waals surface area contributed by atoms with E-state index in [-0.39, 0.29) is 6.04 Å². The number of ether oxygens (including phenoxy) is 1. The molecule has 0 radical (unpaired) electrons. The van der Waals surface area contributed by atoms with Gasteiger partial charge >= 0.3 is 0 Å². The number of rotatable bonds is 3. The Kier molecular flexibility index (Phi) is 4.58. The molecule has 2 unspecified atom stereocenters. The summed E-state index contributed by atoms with van der Waals surface area (Å²) in [5.74, 6) is 0. The predicted octanol–water partition coefficient (Wildman–Crippen LogP) is 0.492. The summed E-state index contributed by atoms with van der Waals surface area (Å²) in [4.78, 5) is 0. The molecule has 72 valence electrons. The lowest BCUT2D eigenvalue weighted by Gasteiger charge is -2.16. The lowest BCUT2D eigenvalue weighted by atomic mass is 10.2. The molecular formula is C9H20N2O. The molecule has 3 N–H and O–H groups in total. The van der Waals surface area contributed by atoms with E-state index in [2.05, 4.69) is 5.32 Å². The van der Waals surface area contributed by atoms with Gasteiger partial charge in [0, 0.05) is 12.6 Å². The molecule has 1 saturated heterocycles. The van der Waals surface area contributed by atoms with Crippen LogP contribution in [0.4, 0.5) is 0 Å². The molecule has 1 aliphatic heterocycles. The van der Waals surface area contributed by atoms with Crippen molar-refractivity contribution in [2.75, 3.05) is 19.7 Å². The summed E-state index contributed by atoms with van der Waals surface area (Å²) in [7, 11) is 0. The summed E-state index contributed by atoms with van der Waals surface area (Å²) in [6.07, 6.45) is 4.12. The number of hydrogen-bond donors (Lipinski definition) is 2. The molecule has 0 spiro atoms. The molecule has 12 heavy (non-hydrogen) atoms. The molecule has 1 fully saturated rings. The Bertz CT molecular complexity index is 109. The van der Waals surface area contributed by atoms with Crippen LogP contribution in [0.5, 0.6) is 0 Å². The molecular weight excluding hydrogens is 152 g/mol. The van der Waals surface area contributed by atoms with Crippen molar-refractivity contribution in [1.82, 2.24) is 5.32 Å². The first-order valence-electron chi connectivity index (χ1n) is 4.87. The van der Waals surface area contributed by atoms with Crippen LogP contribution in [0, 0.1) is 0 Å². The smallest absolute Gasteiger partial charge is 0.0700 e. The van der Waals surface area contributed by atoms with Gasteiger partial charge in [-0.3, -0.25) is 0 Å². The summed E-state index contributed by atoms with van der Waals surface area (Å²) < 4.78 is 5.64. The van der Waals surface area contributed by atoms with Gasteiger partial charge in [-0.1, -0.05) is 0 Å². The highest BCUT2D eigenvalue weighted by Crippen LogP contribution is 2.07. The second kappa shape index (κ2) is 5.51. The summed E-state index contributed by atoms with van der Waals surface area (Å²) >= 11 is 0. The predicted molar refractivity (Wildman–Crippen MR) is 50.1 cm³/mol. The largest absolute Gasteiger partial charge is 0.375 e. The van der Waals surface area contributed by atoms with Gasteiger partial charge in [0.25, 0.3) is 0 Å². The van der Waals surface area contributed by atoms with E-state index in [4.69, 9.17) is 10.5 Å². The van der Waals surface area contributed by atoms with E-state index < -0.39 is 0 Å². The summed E-state index contributed by atoms with van der Waals surface area (Å²) in [5, 5.41) is 3.36. The van der Waals surface area contributed by atoms with Crippen LogP contribution in [0.1, 0.15) is 26.2 Å². The highest BCUT2D eigenvalue weighted by atomic mass is 16.5. The Morgan fingerprint density at radius 2 is 2.42 bits per heavy atom. The molecule has 1 rings (SSSR count). The minimum atomic E-state index is 0.160. The molecule has 0 aliphatic carbocycles. The molecule has 0 aromatic carbocycles. The standard InChI is InChI=1S/C9H20N2O/c1-8(10)7-12-9-4-2-3-5-11-6-9/h8-9,11H,2-7,10H2,1H3. The average Bonchev–Trinajstić information content (AvgIpc) is 2.28. The summed E-state index contributed by atoms with van der Waals surface area (Å²) in [6, 6.07) is 0.160. The van der Waals surface area contributed by atoms with Gasteiger partial charge in [0.15, 0.2) is 0 Å². The Labute approximate surface area is 74.7 Å². The zero-order valence-electron chi connectivity index (χ0n) is 7.88. The summed E-state index contributed by atoms with van der Waals surface area (Å²) in [6.45, 7) is 4.79. The van der Waals surface area contributed by atoms with E-state index in [9.17, 15) is 0 Å². The lowest BCUT2D eigenvalue weighted by Crippen LogP contribution is -2.31. The van der Waals surface area contributed by atoms with E-state index in [1.165, 1.54) is 19.3 Å². The maximum absolute atomic E-state index is 5.64. The van der Waals surface area contributed by atoms with Crippen LogP contribution in [-0.2, 0) is 4.74 Å². The van der Waals surface area contributed by atoms with Crippen molar-refractivity contribution in [3.05, 3.63) is 0 Å². The molecule has 3 nitrogen and oxygen atoms in total. The van der Waals surface area contributed by atoms with Crippen molar-refractivity contribution in [3.63, 3.8) is 0 Å². The van der Waals surface area contributed by atoms with Gasteiger partial charge in [-0.25, -0.2) is 0 Å². The Morgan fingerprint density at radius 3 is 3.17 bits per heavy atom. The SMILES string of the molecule is CC(N)COC1CCCCNC1. The van der Waals surface area contributed by atoms with Gasteiger partial charge in [0.1, 0.15) is 0 Å². The first-order valence-corrected chi connectivity index (χ1v) is 4.87. The quantitative estimate of drug-likeness (QED) is 0.651. The maximum atomic E-state index is 5.64. The molecule has 2 atom stereocenters. The monoisotopic (exact) mass is 172 g/mol. The topological polar surface area (TPSA) is 47.3 Å². The van der Waals surface area contributed by atoms with E-state index >= 15 is 0 Å². The molecule has 0 amide bonds. The molecule has 0 saturated carbocycles. The average molecular weight is 172 g/mol. The van der Waals surface area contributed by atoms with Gasteiger partial charge < -0.3 is 15.8 Å². The third kappa shape index (κ3) is 4.04. The molecule has 1 aliphatic rings. The van der Waals surface area contributed by atoms with Crippen LogP contribution in [-0.4, -0.2) is 31.8 Å². The fourth-order valence-corrected chi connectivity index (χ4v) is 1.42. The fourth-order valence-electron chi connectivity index (χ4n) is 1.42. The van der Waals surface area contributed by atoms with Crippen molar-refractivity contribution in [3.8, 4) is 0 Å². The van der Waals surface area contributed by atoms with Crippen molar-refractivity contribution < 1.29 is 4.74 Å². The van der Waals surface area contributed by atoms with Gasteiger partial charge in [-0.15, -0.1) is 0 Å². The second-order valence-electron chi connectivity index (χ2n) is 3.63. The number of nitrogens with one attached hydrogen (secondary N) is 1. The first-order chi connectivity index (χ1) is 5.79. The van der Waals surface area contributed by atoms with Gasteiger partial charge in [-0.05, 0) is 32.7 Å². The fraction of sp³-hybridized carbons (Fsp3) is 1.00. The van der Waals surface area contributed by atoms with Crippen molar-refractivity contribution >= 4 is 0 Å². The molecule has 1 heterocycles. The van der Waals surface area contributed by atoms with E-state index in [0.29, 0.717) is 12.7 Å². The molecule has 0 aromatic heterocycles. The Balaban J connectivity index is 2.12. The zero-order chi connectivity index (χ0) is 8.81. The third-order valence-corrected chi connectivity index (χ3v) is 2.10. The van der Waals surface area contributed by atoms with Crippen molar-refractivity contribution in [1.29, 1.82) is 0 Å². The lowest BCUT2D eigenvalue weighted by molar-refractivity contribution is 0.0444. The van der Waals surface area contributed by atoms with Crippen LogP contribution in [0.2, 0.25) is 0 Å². The van der Waals surface area contributed by atoms with Crippen LogP contribution in [0.15, 0.2) is 0 Å². The third-order valence-electron chi connectivity index (χ3n) is 2.10. The van der Waals surface area contributed by atoms with Gasteiger partial charge in [0.2, 0.25) is 0 Å². The molecule has 0 aromatic rings. The highest BCUT2D eigenvalue weighted by Gasteiger charge is 2.11. The van der Waals surface area contributed by atoms with E-state index in [1.807, 2.05) is 6.92 Å². The minimum absolute atomic E-state index is 0.160. The normalized spacial score (nSPS) is 28.0. The second-order valence-corrected chi connectivity index (χ2v) is 3.63. The molecule has 3 heteroatoms. The first kappa shape index (κ1) is 9.96. The van der Waals surface area contributed by atoms with Crippen molar-refractivity contribution in [2.24, 2.45) is 5.73 Å². The van der Waals surface area contributed by atoms with Crippen LogP contribution < -0.4 is 11.1 Å². The highest BCUT2D eigenvalue weighted by molar-refractivity contribution is 4.67. The van der Waals surface area contributed by atoms with E-state index in [1.54, 1.807) is 0 Å². The van der Waals surface area contributed by atoms with Gasteiger partial charge in [0.05, 0.1) is 12.7 Å². The van der Waals surface area contributed by atoms with Crippen molar-refractivity contribution in [2.45, 2.75) is 38.3 Å².